The van der Waals surface area contributed by atoms with Crippen LogP contribution in [0, 0.1) is 0 Å². The van der Waals surface area contributed by atoms with Crippen molar-refractivity contribution in [2.24, 2.45) is 0 Å². The van der Waals surface area contributed by atoms with Gasteiger partial charge in [-0.2, -0.15) is 0 Å². The van der Waals surface area contributed by atoms with Crippen LogP contribution in [0.4, 0.5) is 0 Å². The molecule has 0 saturated heterocycles. The van der Waals surface area contributed by atoms with E-state index in [1.54, 1.807) is 6.92 Å². The van der Waals surface area contributed by atoms with Gasteiger partial charge in [0.1, 0.15) is 0 Å². The van der Waals surface area contributed by atoms with Gasteiger partial charge in [0.05, 0.1) is 0 Å². The van der Waals surface area contributed by atoms with Gasteiger partial charge in [0.2, 0.25) is 5.91 Å². The van der Waals surface area contributed by atoms with Crippen molar-refractivity contribution in [3.05, 3.63) is 0 Å². The second kappa shape index (κ2) is 6.30. The van der Waals surface area contributed by atoms with Gasteiger partial charge in [-0.1, -0.05) is 13.8 Å². The molecule has 0 heterocycles. The monoisotopic (exact) mass is 191 g/mol. The molecule has 12 heavy (non-hydrogen) atoms. The van der Waals surface area contributed by atoms with E-state index in [0.29, 0.717) is 18.5 Å². The molecule has 0 unspecified atom stereocenters. The molecule has 0 aliphatic carbocycles. The van der Waals surface area contributed by atoms with E-state index in [1.165, 1.54) is 0 Å². The number of amides is 1. The van der Waals surface area contributed by atoms with Gasteiger partial charge >= 0.3 is 0 Å². The Morgan fingerprint density at radius 2 is 1.92 bits per heavy atom. The van der Waals surface area contributed by atoms with E-state index in [2.05, 4.69) is 13.8 Å². The Bertz CT molecular complexity index is 134. The summed E-state index contributed by atoms with van der Waals surface area (Å²) in [5.74, 6) is 0.653. The van der Waals surface area contributed by atoms with E-state index >= 15 is 0 Å². The molecule has 0 saturated carbocycles. The predicted molar refractivity (Wildman–Crippen MR) is 52.5 cm³/mol. The fourth-order valence-corrected chi connectivity index (χ4v) is 1.60. The van der Waals surface area contributed by atoms with Crippen LogP contribution in [0.5, 0.6) is 0 Å². The van der Waals surface area contributed by atoms with Crippen LogP contribution in [-0.4, -0.2) is 29.3 Å². The largest absolute Gasteiger partial charge is 0.339 e. The molecular weight excluding hydrogens is 174 g/mol. The first-order chi connectivity index (χ1) is 5.67. The highest BCUT2D eigenvalue weighted by molar-refractivity contribution is 6.18. The number of nitrogens with zero attached hydrogens (tertiary/aromatic N) is 1. The Kier molecular flexibility index (Phi) is 6.17. The molecule has 0 rings (SSSR count). The van der Waals surface area contributed by atoms with Gasteiger partial charge in [-0.15, -0.1) is 11.6 Å². The maximum absolute atomic E-state index is 11.2. The first kappa shape index (κ1) is 11.8. The summed E-state index contributed by atoms with van der Waals surface area (Å²) in [4.78, 5) is 13.0. The highest BCUT2D eigenvalue weighted by Crippen LogP contribution is 2.08. The number of carbonyl (C=O) groups is 1. The van der Waals surface area contributed by atoms with E-state index in [-0.39, 0.29) is 5.91 Å². The molecule has 0 radical (unpaired) electrons. The summed E-state index contributed by atoms with van der Waals surface area (Å²) >= 11 is 5.60. The summed E-state index contributed by atoms with van der Waals surface area (Å²) in [6.07, 6.45) is 2.01. The van der Waals surface area contributed by atoms with Crippen molar-refractivity contribution in [1.29, 1.82) is 0 Å². The number of halogens is 1. The zero-order chi connectivity index (χ0) is 9.56. The normalized spacial score (nSPS) is 10.4. The van der Waals surface area contributed by atoms with Crippen LogP contribution in [0.1, 0.15) is 33.6 Å². The number of hydrogen-bond acceptors (Lipinski definition) is 1. The molecule has 2 nitrogen and oxygen atoms in total. The molecule has 0 aromatic carbocycles. The SMILES string of the molecule is CCC(CC)N(CCCl)C(C)=O. The van der Waals surface area contributed by atoms with Gasteiger partial charge in [-0.25, -0.2) is 0 Å². The zero-order valence-electron chi connectivity index (χ0n) is 8.14. The number of rotatable bonds is 5. The van der Waals surface area contributed by atoms with Gasteiger partial charge in [-0.05, 0) is 12.8 Å². The number of carbonyl (C=O) groups excluding carboxylic acids is 1. The Morgan fingerprint density at radius 1 is 1.42 bits per heavy atom. The van der Waals surface area contributed by atoms with Gasteiger partial charge in [0.15, 0.2) is 0 Å². The standard InChI is InChI=1S/C9H18ClNO/c1-4-9(5-2)11(7-6-10)8(3)12/h9H,4-7H2,1-3H3. The summed E-state index contributed by atoms with van der Waals surface area (Å²) in [7, 11) is 0. The van der Waals surface area contributed by atoms with Crippen LogP contribution in [-0.2, 0) is 4.79 Å². The quantitative estimate of drug-likeness (QED) is 0.611. The van der Waals surface area contributed by atoms with Crippen LogP contribution < -0.4 is 0 Å². The average Bonchev–Trinajstić information content (AvgIpc) is 2.05. The highest BCUT2D eigenvalue weighted by Gasteiger charge is 2.16. The molecule has 0 spiro atoms. The lowest BCUT2D eigenvalue weighted by Crippen LogP contribution is -2.39. The third-order valence-electron chi connectivity index (χ3n) is 2.11. The van der Waals surface area contributed by atoms with Crippen LogP contribution in [0.15, 0.2) is 0 Å². The van der Waals surface area contributed by atoms with Crippen molar-refractivity contribution < 1.29 is 4.79 Å². The number of alkyl halides is 1. The van der Waals surface area contributed by atoms with Gasteiger partial charge in [-0.3, -0.25) is 4.79 Å². The summed E-state index contributed by atoms with van der Waals surface area (Å²) in [5, 5.41) is 0. The van der Waals surface area contributed by atoms with Crippen molar-refractivity contribution in [3.63, 3.8) is 0 Å². The maximum Gasteiger partial charge on any atom is 0.219 e. The first-order valence-corrected chi connectivity index (χ1v) is 5.03. The van der Waals surface area contributed by atoms with Crippen LogP contribution in [0.25, 0.3) is 0 Å². The van der Waals surface area contributed by atoms with Crippen molar-refractivity contribution in [2.75, 3.05) is 12.4 Å². The molecule has 1 amide bonds. The van der Waals surface area contributed by atoms with Gasteiger partial charge in [0.25, 0.3) is 0 Å². The molecule has 0 aromatic heterocycles. The Labute approximate surface area is 79.9 Å². The van der Waals surface area contributed by atoms with Crippen molar-refractivity contribution >= 4 is 17.5 Å². The van der Waals surface area contributed by atoms with Crippen LogP contribution in [0.2, 0.25) is 0 Å². The van der Waals surface area contributed by atoms with Gasteiger partial charge < -0.3 is 4.90 Å². The first-order valence-electron chi connectivity index (χ1n) is 4.50. The molecule has 0 aromatic rings. The lowest BCUT2D eigenvalue weighted by atomic mass is 10.1. The summed E-state index contributed by atoms with van der Waals surface area (Å²) in [6, 6.07) is 0.362. The van der Waals surface area contributed by atoms with Crippen molar-refractivity contribution in [1.82, 2.24) is 4.90 Å². The fraction of sp³-hybridized carbons (Fsp3) is 0.889. The second-order valence-corrected chi connectivity index (χ2v) is 3.25. The summed E-state index contributed by atoms with van der Waals surface area (Å²) < 4.78 is 0. The Balaban J connectivity index is 4.15. The molecule has 3 heteroatoms. The van der Waals surface area contributed by atoms with Crippen LogP contribution in [0.3, 0.4) is 0 Å². The molecular formula is C9H18ClNO. The molecule has 0 atom stereocenters. The Morgan fingerprint density at radius 3 is 2.17 bits per heavy atom. The molecule has 0 aliphatic heterocycles. The maximum atomic E-state index is 11.2. The molecule has 0 N–H and O–H groups in total. The zero-order valence-corrected chi connectivity index (χ0v) is 8.90. The highest BCUT2D eigenvalue weighted by atomic mass is 35.5. The van der Waals surface area contributed by atoms with Crippen molar-refractivity contribution in [2.45, 2.75) is 39.7 Å². The van der Waals surface area contributed by atoms with E-state index in [1.807, 2.05) is 4.90 Å². The summed E-state index contributed by atoms with van der Waals surface area (Å²) in [6.45, 7) is 6.46. The minimum absolute atomic E-state index is 0.129. The van der Waals surface area contributed by atoms with E-state index < -0.39 is 0 Å². The van der Waals surface area contributed by atoms with E-state index in [9.17, 15) is 4.79 Å². The fourth-order valence-electron chi connectivity index (χ4n) is 1.42. The average molecular weight is 192 g/mol. The smallest absolute Gasteiger partial charge is 0.219 e. The summed E-state index contributed by atoms with van der Waals surface area (Å²) in [5.41, 5.74) is 0. The van der Waals surface area contributed by atoms with E-state index in [0.717, 1.165) is 12.8 Å². The molecule has 0 bridgehead atoms. The third-order valence-corrected chi connectivity index (χ3v) is 2.28. The number of hydrogen-bond donors (Lipinski definition) is 0. The molecule has 72 valence electrons. The second-order valence-electron chi connectivity index (χ2n) is 2.87. The topological polar surface area (TPSA) is 20.3 Å². The van der Waals surface area contributed by atoms with Crippen LogP contribution >= 0.6 is 11.6 Å². The predicted octanol–water partition coefficient (Wildman–Crippen LogP) is 2.26. The van der Waals surface area contributed by atoms with E-state index in [4.69, 9.17) is 11.6 Å². The minimum atomic E-state index is 0.129. The molecule has 0 aliphatic rings. The van der Waals surface area contributed by atoms with Gasteiger partial charge in [0, 0.05) is 25.4 Å². The lowest BCUT2D eigenvalue weighted by Gasteiger charge is -2.28. The molecule has 0 fully saturated rings. The van der Waals surface area contributed by atoms with Crippen molar-refractivity contribution in [3.8, 4) is 0 Å². The third kappa shape index (κ3) is 3.44. The lowest BCUT2D eigenvalue weighted by molar-refractivity contribution is -0.131. The Hall–Kier alpha value is -0.240. The minimum Gasteiger partial charge on any atom is -0.339 e.